The number of rotatable bonds is 10. The number of carbonyl (C=O) groups is 1. The molecule has 33 heavy (non-hydrogen) atoms. The van der Waals surface area contributed by atoms with E-state index in [1.54, 1.807) is 6.92 Å². The number of hydrogen-bond donors (Lipinski definition) is 2. The standard InChI is InChI=1S/C23H32N6O4/c1-6-33-19(31)13-29-22(25-26-27-29)21(14(2)3)28(9-10-30)12-17-11-18-15(4)7-8-16(5)20(18)24-23(17)32/h7-8,11,14,21,30H,6,9-10,12-13H2,1-5H3,(H,24,32)/t21-/m1/s1. The number of esters is 1. The van der Waals surface area contributed by atoms with Gasteiger partial charge in [0.25, 0.3) is 5.56 Å². The van der Waals surface area contributed by atoms with Gasteiger partial charge in [0.2, 0.25) is 0 Å². The monoisotopic (exact) mass is 456 g/mol. The van der Waals surface area contributed by atoms with Crippen molar-refractivity contribution in [2.24, 2.45) is 5.92 Å². The number of nitrogens with one attached hydrogen (secondary N) is 1. The van der Waals surface area contributed by atoms with Crippen molar-refractivity contribution < 1.29 is 14.6 Å². The average Bonchev–Trinajstić information content (AvgIpc) is 3.19. The minimum Gasteiger partial charge on any atom is -0.465 e. The molecule has 0 amide bonds. The molecule has 0 spiro atoms. The number of aromatic nitrogens is 5. The second-order valence-corrected chi connectivity index (χ2v) is 8.49. The predicted molar refractivity (Wildman–Crippen MR) is 124 cm³/mol. The maximum atomic E-state index is 12.9. The summed E-state index contributed by atoms with van der Waals surface area (Å²) in [6, 6.07) is 5.60. The van der Waals surface area contributed by atoms with Crippen LogP contribution in [-0.4, -0.2) is 60.9 Å². The third-order valence-corrected chi connectivity index (χ3v) is 5.71. The summed E-state index contributed by atoms with van der Waals surface area (Å²) >= 11 is 0. The molecule has 0 aliphatic rings. The number of H-pyrrole nitrogens is 1. The van der Waals surface area contributed by atoms with E-state index < -0.39 is 5.97 Å². The number of pyridine rings is 1. The highest BCUT2D eigenvalue weighted by atomic mass is 16.5. The summed E-state index contributed by atoms with van der Waals surface area (Å²) in [5, 5.41) is 22.7. The van der Waals surface area contributed by atoms with E-state index in [1.807, 2.05) is 50.8 Å². The Bertz CT molecular complexity index is 1170. The van der Waals surface area contributed by atoms with Crippen molar-refractivity contribution in [2.45, 2.75) is 53.8 Å². The van der Waals surface area contributed by atoms with Crippen molar-refractivity contribution in [3.63, 3.8) is 0 Å². The molecule has 3 aromatic rings. The van der Waals surface area contributed by atoms with E-state index in [4.69, 9.17) is 4.74 Å². The first-order valence-electron chi connectivity index (χ1n) is 11.2. The fourth-order valence-electron chi connectivity index (χ4n) is 4.15. The van der Waals surface area contributed by atoms with E-state index in [9.17, 15) is 14.7 Å². The summed E-state index contributed by atoms with van der Waals surface area (Å²) < 4.78 is 6.46. The summed E-state index contributed by atoms with van der Waals surface area (Å²) in [6.07, 6.45) is 0. The van der Waals surface area contributed by atoms with Crippen LogP contribution in [0.15, 0.2) is 23.0 Å². The number of fused-ring (bicyclic) bond motifs is 1. The molecule has 0 aliphatic carbocycles. The maximum Gasteiger partial charge on any atom is 0.327 e. The van der Waals surface area contributed by atoms with Gasteiger partial charge < -0.3 is 14.8 Å². The molecular formula is C23H32N6O4. The average molecular weight is 457 g/mol. The zero-order chi connectivity index (χ0) is 24.1. The van der Waals surface area contributed by atoms with E-state index in [2.05, 4.69) is 20.5 Å². The van der Waals surface area contributed by atoms with Crippen LogP contribution in [0.25, 0.3) is 10.9 Å². The van der Waals surface area contributed by atoms with Crippen molar-refractivity contribution >= 4 is 16.9 Å². The third-order valence-electron chi connectivity index (χ3n) is 5.71. The lowest BCUT2D eigenvalue weighted by Crippen LogP contribution is -2.37. The molecule has 0 aliphatic heterocycles. The quantitative estimate of drug-likeness (QED) is 0.443. The van der Waals surface area contributed by atoms with Crippen LogP contribution in [0.3, 0.4) is 0 Å². The van der Waals surface area contributed by atoms with Crippen molar-refractivity contribution in [1.82, 2.24) is 30.1 Å². The maximum absolute atomic E-state index is 12.9. The van der Waals surface area contributed by atoms with Gasteiger partial charge in [0.1, 0.15) is 6.54 Å². The Morgan fingerprint density at radius 1 is 1.27 bits per heavy atom. The lowest BCUT2D eigenvalue weighted by Gasteiger charge is -2.33. The molecule has 0 saturated heterocycles. The van der Waals surface area contributed by atoms with Crippen LogP contribution in [0.2, 0.25) is 0 Å². The fourth-order valence-corrected chi connectivity index (χ4v) is 4.15. The van der Waals surface area contributed by atoms with Gasteiger partial charge in [0.15, 0.2) is 5.82 Å². The van der Waals surface area contributed by atoms with Gasteiger partial charge >= 0.3 is 5.97 Å². The zero-order valence-electron chi connectivity index (χ0n) is 19.8. The van der Waals surface area contributed by atoms with Gasteiger partial charge in [-0.25, -0.2) is 4.68 Å². The number of hydrogen-bond acceptors (Lipinski definition) is 8. The van der Waals surface area contributed by atoms with Crippen LogP contribution in [-0.2, 0) is 22.6 Å². The first-order valence-corrected chi connectivity index (χ1v) is 11.2. The summed E-state index contributed by atoms with van der Waals surface area (Å²) in [5.41, 5.74) is 3.31. The number of ether oxygens (including phenoxy) is 1. The van der Waals surface area contributed by atoms with Gasteiger partial charge in [-0.05, 0) is 54.3 Å². The Labute approximate surface area is 192 Å². The highest BCUT2D eigenvalue weighted by Crippen LogP contribution is 2.28. The van der Waals surface area contributed by atoms with Gasteiger partial charge in [0, 0.05) is 24.0 Å². The minimum absolute atomic E-state index is 0.0343. The molecule has 2 aromatic heterocycles. The number of nitrogens with zero attached hydrogens (tertiary/aromatic N) is 5. The van der Waals surface area contributed by atoms with Crippen LogP contribution in [0.1, 0.15) is 49.3 Å². The van der Waals surface area contributed by atoms with E-state index >= 15 is 0 Å². The number of benzene rings is 1. The van der Waals surface area contributed by atoms with Crippen molar-refractivity contribution in [2.75, 3.05) is 19.8 Å². The summed E-state index contributed by atoms with van der Waals surface area (Å²) in [6.45, 7) is 10.4. The number of aromatic amines is 1. The first-order chi connectivity index (χ1) is 15.8. The zero-order valence-corrected chi connectivity index (χ0v) is 19.8. The van der Waals surface area contributed by atoms with Gasteiger partial charge in [-0.2, -0.15) is 0 Å². The van der Waals surface area contributed by atoms with E-state index in [-0.39, 0.29) is 43.8 Å². The molecule has 0 bridgehead atoms. The summed E-state index contributed by atoms with van der Waals surface area (Å²) in [4.78, 5) is 30.0. The second kappa shape index (κ2) is 10.7. The van der Waals surface area contributed by atoms with Crippen molar-refractivity contribution in [3.8, 4) is 0 Å². The molecule has 178 valence electrons. The molecule has 10 heteroatoms. The molecule has 1 aromatic carbocycles. The van der Waals surface area contributed by atoms with Gasteiger partial charge in [-0.15, -0.1) is 5.10 Å². The van der Waals surface area contributed by atoms with Crippen LogP contribution < -0.4 is 5.56 Å². The first kappa shape index (κ1) is 24.5. The van der Waals surface area contributed by atoms with Crippen LogP contribution >= 0.6 is 0 Å². The third kappa shape index (κ3) is 5.45. The van der Waals surface area contributed by atoms with E-state index in [0.717, 1.165) is 22.0 Å². The molecule has 2 N–H and O–H groups in total. The lowest BCUT2D eigenvalue weighted by atomic mass is 9.99. The van der Waals surface area contributed by atoms with E-state index in [0.29, 0.717) is 17.9 Å². The molecule has 2 heterocycles. The number of aliphatic hydroxyl groups excluding tert-OH is 1. The summed E-state index contributed by atoms with van der Waals surface area (Å²) in [5.74, 6) is 0.0850. The van der Waals surface area contributed by atoms with Crippen molar-refractivity contribution in [3.05, 3.63) is 51.1 Å². The molecule has 1 atom stereocenters. The van der Waals surface area contributed by atoms with E-state index in [1.165, 1.54) is 4.68 Å². The molecule has 0 fully saturated rings. The molecule has 0 unspecified atom stereocenters. The second-order valence-electron chi connectivity index (χ2n) is 8.49. The largest absolute Gasteiger partial charge is 0.465 e. The number of aryl methyl sites for hydroxylation is 2. The van der Waals surface area contributed by atoms with Crippen molar-refractivity contribution in [1.29, 1.82) is 0 Å². The van der Waals surface area contributed by atoms with Crippen LogP contribution in [0, 0.1) is 19.8 Å². The summed E-state index contributed by atoms with van der Waals surface area (Å²) in [7, 11) is 0. The minimum atomic E-state index is -0.431. The fraction of sp³-hybridized carbons (Fsp3) is 0.522. The Morgan fingerprint density at radius 2 is 2.00 bits per heavy atom. The highest BCUT2D eigenvalue weighted by molar-refractivity contribution is 5.85. The molecule has 10 nitrogen and oxygen atoms in total. The predicted octanol–water partition coefficient (Wildman–Crippen LogP) is 1.89. The molecular weight excluding hydrogens is 424 g/mol. The molecule has 3 rings (SSSR count). The van der Waals surface area contributed by atoms with Gasteiger partial charge in [-0.3, -0.25) is 14.5 Å². The number of carbonyl (C=O) groups excluding carboxylic acids is 1. The topological polar surface area (TPSA) is 126 Å². The smallest absolute Gasteiger partial charge is 0.327 e. The normalized spacial score (nSPS) is 12.6. The highest BCUT2D eigenvalue weighted by Gasteiger charge is 2.30. The number of aliphatic hydroxyl groups is 1. The Kier molecular flexibility index (Phi) is 7.93. The van der Waals surface area contributed by atoms with Gasteiger partial charge in [0.05, 0.1) is 24.8 Å². The number of tetrazole rings is 1. The molecule has 0 radical (unpaired) electrons. The van der Waals surface area contributed by atoms with Crippen LogP contribution in [0.4, 0.5) is 0 Å². The van der Waals surface area contributed by atoms with Crippen LogP contribution in [0.5, 0.6) is 0 Å². The lowest BCUT2D eigenvalue weighted by molar-refractivity contribution is -0.144. The Morgan fingerprint density at radius 3 is 2.67 bits per heavy atom. The SMILES string of the molecule is CCOC(=O)Cn1nnnc1[C@@H](C(C)C)N(CCO)Cc1cc2c(C)ccc(C)c2[nH]c1=O. The Hall–Kier alpha value is -3.11. The van der Waals surface area contributed by atoms with Gasteiger partial charge in [-0.1, -0.05) is 26.0 Å². The molecule has 0 saturated carbocycles. The Balaban J connectivity index is 2.00.